The highest BCUT2D eigenvalue weighted by molar-refractivity contribution is 5.81. The third-order valence-corrected chi connectivity index (χ3v) is 2.29. The number of aromatic carboxylic acids is 1. The molecule has 1 fully saturated rings. The first kappa shape index (κ1) is 9.14. The topological polar surface area (TPSA) is 88.2 Å². The molecule has 2 rings (SSSR count). The van der Waals surface area contributed by atoms with Gasteiger partial charge in [-0.25, -0.2) is 4.79 Å². The fourth-order valence-electron chi connectivity index (χ4n) is 1.56. The summed E-state index contributed by atoms with van der Waals surface area (Å²) < 4.78 is 4.59. The van der Waals surface area contributed by atoms with Crippen molar-refractivity contribution < 1.29 is 14.4 Å². The van der Waals surface area contributed by atoms with E-state index in [1.807, 2.05) is 0 Å². The third-order valence-electron chi connectivity index (χ3n) is 2.29. The van der Waals surface area contributed by atoms with E-state index in [2.05, 4.69) is 20.0 Å². The Morgan fingerprint density at radius 1 is 1.64 bits per heavy atom. The number of rotatable bonds is 2. The summed E-state index contributed by atoms with van der Waals surface area (Å²) in [6.45, 7) is 1.79. The van der Waals surface area contributed by atoms with Gasteiger partial charge >= 0.3 is 11.9 Å². The minimum atomic E-state index is -1.17. The molecular formula is C8H11N3O3. The molecule has 1 aliphatic rings. The van der Waals surface area contributed by atoms with Crippen LogP contribution < -0.4 is 5.32 Å². The van der Waals surface area contributed by atoms with Crippen LogP contribution >= 0.6 is 0 Å². The Kier molecular flexibility index (Phi) is 2.45. The molecule has 0 radical (unpaired) electrons. The molecule has 6 heteroatoms. The van der Waals surface area contributed by atoms with Crippen molar-refractivity contribution in [1.82, 2.24) is 15.5 Å². The molecule has 76 valence electrons. The highest BCUT2D eigenvalue weighted by Crippen LogP contribution is 2.20. The van der Waals surface area contributed by atoms with E-state index in [-0.39, 0.29) is 11.8 Å². The van der Waals surface area contributed by atoms with E-state index in [1.165, 1.54) is 0 Å². The molecule has 0 aliphatic carbocycles. The molecule has 1 aliphatic heterocycles. The van der Waals surface area contributed by atoms with E-state index < -0.39 is 5.97 Å². The third kappa shape index (κ3) is 1.74. The van der Waals surface area contributed by atoms with E-state index in [0.29, 0.717) is 5.82 Å². The van der Waals surface area contributed by atoms with Crippen molar-refractivity contribution in [1.29, 1.82) is 0 Å². The predicted molar refractivity (Wildman–Crippen MR) is 46.1 cm³/mol. The van der Waals surface area contributed by atoms with Crippen LogP contribution in [0.1, 0.15) is 35.3 Å². The second-order valence-corrected chi connectivity index (χ2v) is 3.31. The van der Waals surface area contributed by atoms with E-state index in [1.54, 1.807) is 0 Å². The van der Waals surface area contributed by atoms with E-state index in [0.717, 1.165) is 25.9 Å². The average molecular weight is 197 g/mol. The second kappa shape index (κ2) is 3.75. The van der Waals surface area contributed by atoms with Gasteiger partial charge < -0.3 is 14.9 Å². The van der Waals surface area contributed by atoms with Gasteiger partial charge in [0.25, 0.3) is 0 Å². The summed E-state index contributed by atoms with van der Waals surface area (Å²) in [5, 5.41) is 15.4. The number of nitrogens with zero attached hydrogens (tertiary/aromatic N) is 2. The molecule has 2 N–H and O–H groups in total. The number of hydrogen-bond acceptors (Lipinski definition) is 5. The Hall–Kier alpha value is -1.43. The largest absolute Gasteiger partial charge is 0.474 e. The van der Waals surface area contributed by atoms with Crippen molar-refractivity contribution in [2.24, 2.45) is 0 Å². The van der Waals surface area contributed by atoms with Crippen LogP contribution in [0.4, 0.5) is 0 Å². The standard InChI is InChI=1S/C8H11N3O3/c12-8(13)7-10-6(11-14-7)5-2-1-3-9-4-5/h5,9H,1-4H2,(H,12,13). The van der Waals surface area contributed by atoms with E-state index in [4.69, 9.17) is 5.11 Å². The van der Waals surface area contributed by atoms with Crippen molar-refractivity contribution in [2.45, 2.75) is 18.8 Å². The van der Waals surface area contributed by atoms with Gasteiger partial charge in [0, 0.05) is 12.5 Å². The van der Waals surface area contributed by atoms with Crippen molar-refractivity contribution in [2.75, 3.05) is 13.1 Å². The zero-order valence-corrected chi connectivity index (χ0v) is 7.56. The zero-order chi connectivity index (χ0) is 9.97. The summed E-state index contributed by atoms with van der Waals surface area (Å²) in [6, 6.07) is 0. The van der Waals surface area contributed by atoms with Crippen molar-refractivity contribution >= 4 is 5.97 Å². The van der Waals surface area contributed by atoms with Gasteiger partial charge in [-0.05, 0) is 19.4 Å². The Morgan fingerprint density at radius 2 is 2.50 bits per heavy atom. The summed E-state index contributed by atoms with van der Waals surface area (Å²) in [7, 11) is 0. The lowest BCUT2D eigenvalue weighted by Gasteiger charge is -2.19. The second-order valence-electron chi connectivity index (χ2n) is 3.31. The number of carboxylic acid groups (broad SMARTS) is 1. The lowest BCUT2D eigenvalue weighted by atomic mass is 9.99. The van der Waals surface area contributed by atoms with Gasteiger partial charge in [-0.3, -0.25) is 0 Å². The molecular weight excluding hydrogens is 186 g/mol. The first-order valence-corrected chi connectivity index (χ1v) is 4.55. The van der Waals surface area contributed by atoms with Crippen LogP contribution in [-0.4, -0.2) is 34.3 Å². The fourth-order valence-corrected chi connectivity index (χ4v) is 1.56. The Morgan fingerprint density at radius 3 is 3.07 bits per heavy atom. The average Bonchev–Trinajstić information content (AvgIpc) is 2.68. The van der Waals surface area contributed by atoms with E-state index in [9.17, 15) is 4.79 Å². The molecule has 14 heavy (non-hydrogen) atoms. The van der Waals surface area contributed by atoms with Crippen LogP contribution in [-0.2, 0) is 0 Å². The summed E-state index contributed by atoms with van der Waals surface area (Å²) in [5.41, 5.74) is 0. The molecule has 0 amide bonds. The first-order chi connectivity index (χ1) is 6.77. The molecule has 0 aromatic carbocycles. The molecule has 0 bridgehead atoms. The quantitative estimate of drug-likeness (QED) is 0.705. The van der Waals surface area contributed by atoms with Crippen LogP contribution in [0.5, 0.6) is 0 Å². The number of carboxylic acids is 1. The normalized spacial score (nSPS) is 22.1. The maximum atomic E-state index is 10.5. The number of piperidine rings is 1. The number of carbonyl (C=O) groups is 1. The van der Waals surface area contributed by atoms with Crippen LogP contribution in [0, 0.1) is 0 Å². The molecule has 0 spiro atoms. The van der Waals surface area contributed by atoms with Gasteiger partial charge in [-0.15, -0.1) is 0 Å². The summed E-state index contributed by atoms with van der Waals surface area (Å²) in [5.74, 6) is -0.826. The van der Waals surface area contributed by atoms with Crippen LogP contribution in [0.15, 0.2) is 4.52 Å². The minimum Gasteiger partial charge on any atom is -0.474 e. The lowest BCUT2D eigenvalue weighted by molar-refractivity contribution is 0.0643. The Bertz CT molecular complexity index is 330. The van der Waals surface area contributed by atoms with Gasteiger partial charge in [0.15, 0.2) is 5.82 Å². The number of nitrogens with one attached hydrogen (secondary N) is 1. The zero-order valence-electron chi connectivity index (χ0n) is 7.56. The van der Waals surface area contributed by atoms with Gasteiger partial charge in [-0.2, -0.15) is 4.98 Å². The van der Waals surface area contributed by atoms with Gasteiger partial charge in [0.1, 0.15) is 0 Å². The van der Waals surface area contributed by atoms with E-state index >= 15 is 0 Å². The maximum absolute atomic E-state index is 10.5. The SMILES string of the molecule is O=C(O)c1nc(C2CCCNC2)no1. The lowest BCUT2D eigenvalue weighted by Crippen LogP contribution is -2.28. The molecule has 1 aromatic heterocycles. The highest BCUT2D eigenvalue weighted by Gasteiger charge is 2.22. The highest BCUT2D eigenvalue weighted by atomic mass is 16.5. The number of hydrogen-bond donors (Lipinski definition) is 2. The van der Waals surface area contributed by atoms with Crippen molar-refractivity contribution in [3.05, 3.63) is 11.7 Å². The van der Waals surface area contributed by atoms with Crippen LogP contribution in [0.25, 0.3) is 0 Å². The fraction of sp³-hybridized carbons (Fsp3) is 0.625. The van der Waals surface area contributed by atoms with Crippen LogP contribution in [0.3, 0.4) is 0 Å². The molecule has 1 unspecified atom stereocenters. The van der Waals surface area contributed by atoms with Gasteiger partial charge in [-0.1, -0.05) is 5.16 Å². The Balaban J connectivity index is 2.11. The molecule has 2 heterocycles. The Labute approximate surface area is 80.3 Å². The number of aromatic nitrogens is 2. The summed E-state index contributed by atoms with van der Waals surface area (Å²) in [6.07, 6.45) is 2.03. The van der Waals surface area contributed by atoms with Gasteiger partial charge in [0.2, 0.25) is 0 Å². The minimum absolute atomic E-state index is 0.181. The molecule has 1 atom stereocenters. The molecule has 6 nitrogen and oxygen atoms in total. The van der Waals surface area contributed by atoms with Crippen molar-refractivity contribution in [3.8, 4) is 0 Å². The first-order valence-electron chi connectivity index (χ1n) is 4.55. The smallest absolute Gasteiger partial charge is 0.394 e. The summed E-state index contributed by atoms with van der Waals surface area (Å²) >= 11 is 0. The molecule has 1 aromatic rings. The van der Waals surface area contributed by atoms with Gasteiger partial charge in [0.05, 0.1) is 0 Å². The van der Waals surface area contributed by atoms with Crippen molar-refractivity contribution in [3.63, 3.8) is 0 Å². The molecule has 0 saturated carbocycles. The maximum Gasteiger partial charge on any atom is 0.394 e. The molecule has 1 saturated heterocycles. The summed E-state index contributed by atoms with van der Waals surface area (Å²) in [4.78, 5) is 14.3. The predicted octanol–water partition coefficient (Wildman–Crippen LogP) is 0.235. The van der Waals surface area contributed by atoms with Crippen LogP contribution in [0.2, 0.25) is 0 Å². The monoisotopic (exact) mass is 197 g/mol.